The molecule has 5 aliphatic carbocycles. The second kappa shape index (κ2) is 7.62. The summed E-state index contributed by atoms with van der Waals surface area (Å²) in [6.45, 7) is 0.286. The van der Waals surface area contributed by atoms with E-state index in [2.05, 4.69) is 4.72 Å². The van der Waals surface area contributed by atoms with Crippen molar-refractivity contribution in [2.45, 2.75) is 76.7 Å². The van der Waals surface area contributed by atoms with Crippen LogP contribution in [0.4, 0.5) is 4.39 Å². The molecule has 0 heterocycles. The second-order valence-electron chi connectivity index (χ2n) is 9.65. The highest BCUT2D eigenvalue weighted by Gasteiger charge is 2.55. The minimum absolute atomic E-state index is 0.0179. The van der Waals surface area contributed by atoms with E-state index in [1.807, 2.05) is 0 Å². The number of rotatable bonds is 7. The number of nitrogens with one attached hydrogen (secondary N) is 1. The van der Waals surface area contributed by atoms with Crippen molar-refractivity contribution in [3.63, 3.8) is 0 Å². The zero-order chi connectivity index (χ0) is 19.1. The molecule has 5 nitrogen and oxygen atoms in total. The van der Waals surface area contributed by atoms with Crippen molar-refractivity contribution < 1.29 is 22.3 Å². The first-order valence-corrected chi connectivity index (χ1v) is 12.3. The van der Waals surface area contributed by atoms with Gasteiger partial charge >= 0.3 is 5.97 Å². The van der Waals surface area contributed by atoms with E-state index in [1.165, 1.54) is 19.3 Å². The largest absolute Gasteiger partial charge is 0.462 e. The maximum Gasteiger partial charge on any atom is 0.312 e. The normalized spacial score (nSPS) is 40.9. The van der Waals surface area contributed by atoms with Gasteiger partial charge in [-0.1, -0.05) is 0 Å². The number of hydrogen-bond acceptors (Lipinski definition) is 4. The van der Waals surface area contributed by atoms with Gasteiger partial charge in [0.15, 0.2) is 0 Å². The van der Waals surface area contributed by atoms with Crippen LogP contribution in [-0.2, 0) is 19.6 Å². The van der Waals surface area contributed by atoms with Crippen LogP contribution in [0.1, 0.15) is 70.6 Å². The van der Waals surface area contributed by atoms with Gasteiger partial charge in [-0.05, 0) is 94.3 Å². The van der Waals surface area contributed by atoms with Gasteiger partial charge < -0.3 is 4.74 Å². The van der Waals surface area contributed by atoms with E-state index in [0.29, 0.717) is 5.92 Å². The van der Waals surface area contributed by atoms with Crippen molar-refractivity contribution in [1.82, 2.24) is 4.72 Å². The smallest absolute Gasteiger partial charge is 0.312 e. The van der Waals surface area contributed by atoms with Gasteiger partial charge in [-0.15, -0.1) is 0 Å². The summed E-state index contributed by atoms with van der Waals surface area (Å²) >= 11 is 0. The maximum absolute atomic E-state index is 13.0. The first kappa shape index (κ1) is 19.6. The van der Waals surface area contributed by atoms with E-state index in [-0.39, 0.29) is 24.0 Å². The van der Waals surface area contributed by atoms with Crippen LogP contribution in [0.15, 0.2) is 0 Å². The molecule has 5 fully saturated rings. The molecule has 1 N–H and O–H groups in total. The monoisotopic (exact) mass is 401 g/mol. The summed E-state index contributed by atoms with van der Waals surface area (Å²) in [6, 6.07) is -1.36. The SMILES string of the molecule is O=C(OC1CCC(CCNS(=O)(=O)CF)CC1)C12CC3CC(CC(C3)C1)C2. The maximum atomic E-state index is 13.0. The Bertz CT molecular complexity index is 622. The van der Waals surface area contributed by atoms with E-state index in [9.17, 15) is 17.6 Å². The van der Waals surface area contributed by atoms with Crippen molar-refractivity contribution in [3.8, 4) is 0 Å². The minimum atomic E-state index is -3.76. The summed E-state index contributed by atoms with van der Waals surface area (Å²) in [5.41, 5.74) is -0.184. The van der Waals surface area contributed by atoms with Gasteiger partial charge in [0, 0.05) is 6.54 Å². The van der Waals surface area contributed by atoms with Crippen LogP contribution >= 0.6 is 0 Å². The van der Waals surface area contributed by atoms with E-state index in [1.54, 1.807) is 0 Å². The molecular formula is C20H32FNO4S. The lowest BCUT2D eigenvalue weighted by atomic mass is 9.49. The van der Waals surface area contributed by atoms with Gasteiger partial charge in [0.25, 0.3) is 0 Å². The highest BCUT2D eigenvalue weighted by atomic mass is 32.2. The average molecular weight is 402 g/mol. The fourth-order valence-electron chi connectivity index (χ4n) is 6.63. The predicted molar refractivity (Wildman–Crippen MR) is 100.0 cm³/mol. The van der Waals surface area contributed by atoms with Crippen molar-refractivity contribution >= 4 is 16.0 Å². The highest BCUT2D eigenvalue weighted by Crippen LogP contribution is 2.60. The van der Waals surface area contributed by atoms with Crippen LogP contribution in [-0.4, -0.2) is 33.0 Å². The Labute approximate surface area is 161 Å². The van der Waals surface area contributed by atoms with Crippen molar-refractivity contribution in [2.24, 2.45) is 29.1 Å². The summed E-state index contributed by atoms with van der Waals surface area (Å²) in [7, 11) is -3.76. The van der Waals surface area contributed by atoms with E-state index < -0.39 is 16.0 Å². The Kier molecular flexibility index (Phi) is 5.54. The summed E-state index contributed by atoms with van der Waals surface area (Å²) in [5, 5.41) is 0. The Morgan fingerprint density at radius 2 is 1.56 bits per heavy atom. The zero-order valence-electron chi connectivity index (χ0n) is 16.0. The Morgan fingerprint density at radius 1 is 1.00 bits per heavy atom. The molecule has 0 unspecified atom stereocenters. The number of ether oxygens (including phenoxy) is 1. The molecule has 0 saturated heterocycles. The van der Waals surface area contributed by atoms with Gasteiger partial charge in [0.05, 0.1) is 5.41 Å². The number of halogens is 1. The lowest BCUT2D eigenvalue weighted by Gasteiger charge is -2.55. The molecule has 27 heavy (non-hydrogen) atoms. The van der Waals surface area contributed by atoms with Crippen molar-refractivity contribution in [1.29, 1.82) is 0 Å². The molecule has 154 valence electrons. The topological polar surface area (TPSA) is 72.5 Å². The number of hydrogen-bond donors (Lipinski definition) is 1. The first-order valence-electron chi connectivity index (χ1n) is 10.6. The molecule has 0 aromatic rings. The van der Waals surface area contributed by atoms with Gasteiger partial charge in [-0.3, -0.25) is 4.79 Å². The standard InChI is InChI=1S/C20H32FNO4S/c21-13-27(24,25)22-6-5-14-1-3-18(4-2-14)26-19(23)20-10-15-7-16(11-20)9-17(8-15)12-20/h14-18,22H,1-13H2. The third kappa shape index (κ3) is 4.34. The van der Waals surface area contributed by atoms with Gasteiger partial charge in [-0.2, -0.15) is 0 Å². The highest BCUT2D eigenvalue weighted by molar-refractivity contribution is 7.89. The number of esters is 1. The van der Waals surface area contributed by atoms with E-state index in [0.717, 1.165) is 69.1 Å². The van der Waals surface area contributed by atoms with Crippen LogP contribution < -0.4 is 4.72 Å². The summed E-state index contributed by atoms with van der Waals surface area (Å²) in [6.07, 6.45) is 11.4. The zero-order valence-corrected chi connectivity index (χ0v) is 16.8. The van der Waals surface area contributed by atoms with Gasteiger partial charge in [0.1, 0.15) is 6.10 Å². The van der Waals surface area contributed by atoms with Crippen LogP contribution in [0.2, 0.25) is 0 Å². The Balaban J connectivity index is 1.22. The van der Waals surface area contributed by atoms with Crippen LogP contribution in [0.3, 0.4) is 0 Å². The lowest BCUT2D eigenvalue weighted by Crippen LogP contribution is -2.51. The third-order valence-electron chi connectivity index (χ3n) is 7.56. The van der Waals surface area contributed by atoms with Gasteiger partial charge in [0.2, 0.25) is 16.0 Å². The molecule has 0 aromatic carbocycles. The van der Waals surface area contributed by atoms with Crippen LogP contribution in [0.5, 0.6) is 0 Å². The minimum Gasteiger partial charge on any atom is -0.462 e. The van der Waals surface area contributed by atoms with Gasteiger partial charge in [-0.25, -0.2) is 17.5 Å². The Hall–Kier alpha value is -0.690. The molecule has 0 aromatic heterocycles. The molecule has 0 atom stereocenters. The van der Waals surface area contributed by atoms with Crippen molar-refractivity contribution in [3.05, 3.63) is 0 Å². The number of carbonyl (C=O) groups excluding carboxylic acids is 1. The lowest BCUT2D eigenvalue weighted by molar-refractivity contribution is -0.178. The molecule has 0 aliphatic heterocycles. The fraction of sp³-hybridized carbons (Fsp3) is 0.950. The van der Waals surface area contributed by atoms with Crippen LogP contribution in [0.25, 0.3) is 0 Å². The summed E-state index contributed by atoms with van der Waals surface area (Å²) < 4.78 is 42.8. The Morgan fingerprint density at radius 3 is 2.07 bits per heavy atom. The molecule has 0 radical (unpaired) electrons. The summed E-state index contributed by atoms with van der Waals surface area (Å²) in [4.78, 5) is 13.0. The fourth-order valence-corrected chi connectivity index (χ4v) is 7.14. The molecule has 4 bridgehead atoms. The van der Waals surface area contributed by atoms with E-state index in [4.69, 9.17) is 4.74 Å². The molecule has 5 saturated carbocycles. The number of sulfonamides is 1. The molecule has 5 aliphatic rings. The molecule has 5 rings (SSSR count). The van der Waals surface area contributed by atoms with Crippen molar-refractivity contribution in [2.75, 3.05) is 12.6 Å². The third-order valence-corrected chi connectivity index (χ3v) is 8.49. The molecule has 0 spiro atoms. The average Bonchev–Trinajstić information content (AvgIpc) is 2.62. The quantitative estimate of drug-likeness (QED) is 0.662. The predicted octanol–water partition coefficient (Wildman–Crippen LogP) is 3.54. The number of carbonyl (C=O) groups is 1. The summed E-state index contributed by atoms with van der Waals surface area (Å²) in [5.74, 6) is 2.72. The molecule has 0 amide bonds. The van der Waals surface area contributed by atoms with Crippen LogP contribution in [0, 0.1) is 29.1 Å². The molecular weight excluding hydrogens is 369 g/mol. The second-order valence-corrected chi connectivity index (χ2v) is 11.4. The molecule has 7 heteroatoms. The van der Waals surface area contributed by atoms with E-state index >= 15 is 0 Å². The number of alkyl halides is 1. The first-order chi connectivity index (χ1) is 12.9.